The molecule has 0 aromatic rings. The van der Waals surface area contributed by atoms with Gasteiger partial charge in [0, 0.05) is 0 Å². The summed E-state index contributed by atoms with van der Waals surface area (Å²) in [6.45, 7) is 0. The van der Waals surface area contributed by atoms with Gasteiger partial charge < -0.3 is 4.74 Å². The highest BCUT2D eigenvalue weighted by Gasteiger charge is 2.66. The maximum atomic E-state index is 11.5. The molecule has 0 aromatic carbocycles. The summed E-state index contributed by atoms with van der Waals surface area (Å²) < 4.78 is 4.74. The maximum absolute atomic E-state index is 11.5. The van der Waals surface area contributed by atoms with E-state index in [1.807, 2.05) is 0 Å². The minimum Gasteiger partial charge on any atom is -0.393 e. The summed E-state index contributed by atoms with van der Waals surface area (Å²) in [5, 5.41) is 0. The molecule has 72 valence electrons. The van der Waals surface area contributed by atoms with Crippen LogP contribution >= 0.6 is 0 Å². The zero-order valence-electron chi connectivity index (χ0n) is 7.55. The number of allylic oxidation sites excluding steroid dienone is 2. The Balaban J connectivity index is 1.88. The standard InChI is InChI=1S/C11H10O3/c12-10-8-4-1-2-5(7-3-6(4)7)9(8)11(13)14-10/h1-2,4-9H,3H2/t4-,5+,6-,7+,8-,9+. The van der Waals surface area contributed by atoms with Crippen LogP contribution in [0.4, 0.5) is 0 Å². The third-order valence-electron chi connectivity index (χ3n) is 4.40. The largest absolute Gasteiger partial charge is 0.393 e. The zero-order chi connectivity index (χ0) is 9.45. The molecule has 4 aliphatic carbocycles. The van der Waals surface area contributed by atoms with Gasteiger partial charge >= 0.3 is 11.9 Å². The third kappa shape index (κ3) is 0.606. The Morgan fingerprint density at radius 1 is 1.00 bits per heavy atom. The highest BCUT2D eigenvalue weighted by atomic mass is 16.6. The Kier molecular flexibility index (Phi) is 1.00. The molecule has 14 heavy (non-hydrogen) atoms. The fourth-order valence-electron chi connectivity index (χ4n) is 3.76. The van der Waals surface area contributed by atoms with E-state index in [1.54, 1.807) is 0 Å². The minimum atomic E-state index is -0.273. The first-order valence-corrected chi connectivity index (χ1v) is 5.21. The lowest BCUT2D eigenvalue weighted by molar-refractivity contribution is -0.154. The first-order valence-electron chi connectivity index (χ1n) is 5.21. The fraction of sp³-hybridized carbons (Fsp3) is 0.636. The lowest BCUT2D eigenvalue weighted by atomic mass is 9.63. The Morgan fingerprint density at radius 3 is 2.00 bits per heavy atom. The number of cyclic esters (lactones) is 2. The van der Waals surface area contributed by atoms with Crippen molar-refractivity contribution in [1.82, 2.24) is 0 Å². The number of ether oxygens (including phenoxy) is 1. The smallest absolute Gasteiger partial charge is 0.318 e. The molecule has 0 N–H and O–H groups in total. The Morgan fingerprint density at radius 2 is 1.50 bits per heavy atom. The first-order chi connectivity index (χ1) is 6.77. The molecule has 0 radical (unpaired) electrons. The molecule has 3 nitrogen and oxygen atoms in total. The zero-order valence-corrected chi connectivity index (χ0v) is 7.55. The Hall–Kier alpha value is -1.12. The second kappa shape index (κ2) is 1.95. The van der Waals surface area contributed by atoms with Crippen LogP contribution in [-0.4, -0.2) is 11.9 Å². The molecule has 0 amide bonds. The van der Waals surface area contributed by atoms with Crippen LogP contribution in [0.3, 0.4) is 0 Å². The Bertz CT molecular complexity index is 350. The number of hydrogen-bond acceptors (Lipinski definition) is 3. The van der Waals surface area contributed by atoms with Crippen LogP contribution in [0, 0.1) is 35.5 Å². The van der Waals surface area contributed by atoms with Gasteiger partial charge in [0.15, 0.2) is 0 Å². The molecular weight excluding hydrogens is 180 g/mol. The molecule has 1 aliphatic heterocycles. The van der Waals surface area contributed by atoms with E-state index >= 15 is 0 Å². The van der Waals surface area contributed by atoms with Gasteiger partial charge in [-0.3, -0.25) is 9.59 Å². The van der Waals surface area contributed by atoms with Crippen LogP contribution in [0.5, 0.6) is 0 Å². The molecule has 0 aromatic heterocycles. The van der Waals surface area contributed by atoms with E-state index < -0.39 is 0 Å². The van der Waals surface area contributed by atoms with Gasteiger partial charge in [-0.1, -0.05) is 12.2 Å². The van der Waals surface area contributed by atoms with E-state index in [0.29, 0.717) is 23.7 Å². The van der Waals surface area contributed by atoms with Crippen LogP contribution in [-0.2, 0) is 14.3 Å². The van der Waals surface area contributed by atoms with Gasteiger partial charge in [0.2, 0.25) is 0 Å². The summed E-state index contributed by atoms with van der Waals surface area (Å²) in [5.41, 5.74) is 0. The van der Waals surface area contributed by atoms with Crippen molar-refractivity contribution in [2.75, 3.05) is 0 Å². The predicted molar refractivity (Wildman–Crippen MR) is 45.8 cm³/mol. The van der Waals surface area contributed by atoms with Gasteiger partial charge in [-0.2, -0.15) is 0 Å². The van der Waals surface area contributed by atoms with Gasteiger partial charge in [0.25, 0.3) is 0 Å². The van der Waals surface area contributed by atoms with Crippen LogP contribution in [0.25, 0.3) is 0 Å². The molecule has 3 fully saturated rings. The lowest BCUT2D eigenvalue weighted by Crippen LogP contribution is -2.40. The van der Waals surface area contributed by atoms with Gasteiger partial charge in [0.05, 0.1) is 11.8 Å². The number of carbonyl (C=O) groups is 2. The van der Waals surface area contributed by atoms with Crippen molar-refractivity contribution < 1.29 is 14.3 Å². The average molecular weight is 190 g/mol. The molecule has 0 unspecified atom stereocenters. The molecule has 0 spiro atoms. The molecule has 3 heteroatoms. The van der Waals surface area contributed by atoms with Crippen molar-refractivity contribution in [3.05, 3.63) is 12.2 Å². The molecule has 1 heterocycles. The van der Waals surface area contributed by atoms with Crippen LogP contribution < -0.4 is 0 Å². The van der Waals surface area contributed by atoms with Crippen LogP contribution in [0.15, 0.2) is 12.2 Å². The SMILES string of the molecule is O=C1OC(=O)[C@H]2[C@H]3C=C[C@H]([C@H]4C[C@@H]34)[C@@H]12. The molecule has 2 bridgehead atoms. The monoisotopic (exact) mass is 190 g/mol. The fourth-order valence-corrected chi connectivity index (χ4v) is 3.76. The van der Waals surface area contributed by atoms with E-state index in [-0.39, 0.29) is 23.8 Å². The van der Waals surface area contributed by atoms with Crippen molar-refractivity contribution in [2.24, 2.45) is 35.5 Å². The van der Waals surface area contributed by atoms with E-state index in [2.05, 4.69) is 12.2 Å². The van der Waals surface area contributed by atoms with Crippen molar-refractivity contribution >= 4 is 11.9 Å². The first kappa shape index (κ1) is 7.21. The number of carbonyl (C=O) groups excluding carboxylic acids is 2. The van der Waals surface area contributed by atoms with Gasteiger partial charge in [-0.15, -0.1) is 0 Å². The summed E-state index contributed by atoms with van der Waals surface area (Å²) in [7, 11) is 0. The van der Waals surface area contributed by atoms with Gasteiger partial charge in [0.1, 0.15) is 0 Å². The molecule has 6 atom stereocenters. The maximum Gasteiger partial charge on any atom is 0.318 e. The summed E-state index contributed by atoms with van der Waals surface area (Å²) in [6.07, 6.45) is 5.48. The van der Waals surface area contributed by atoms with E-state index in [4.69, 9.17) is 4.74 Å². The van der Waals surface area contributed by atoms with Crippen molar-refractivity contribution in [2.45, 2.75) is 6.42 Å². The Labute approximate surface area is 81.1 Å². The number of hydrogen-bond donors (Lipinski definition) is 0. The van der Waals surface area contributed by atoms with Crippen molar-refractivity contribution in [1.29, 1.82) is 0 Å². The summed E-state index contributed by atoms with van der Waals surface area (Å²) >= 11 is 0. The topological polar surface area (TPSA) is 43.4 Å². The molecule has 5 aliphatic rings. The lowest BCUT2D eigenvalue weighted by Gasteiger charge is -2.36. The average Bonchev–Trinajstić information content (AvgIpc) is 2.92. The van der Waals surface area contributed by atoms with Gasteiger partial charge in [-0.25, -0.2) is 0 Å². The van der Waals surface area contributed by atoms with Gasteiger partial charge in [-0.05, 0) is 30.1 Å². The second-order valence-electron chi connectivity index (χ2n) is 4.89. The van der Waals surface area contributed by atoms with E-state index in [1.165, 1.54) is 6.42 Å². The quantitative estimate of drug-likeness (QED) is 0.321. The summed E-state index contributed by atoms with van der Waals surface area (Å²) in [4.78, 5) is 23.0. The molecule has 1 saturated heterocycles. The highest BCUT2D eigenvalue weighted by molar-refractivity contribution is 5.97. The number of esters is 2. The highest BCUT2D eigenvalue weighted by Crippen LogP contribution is 2.65. The number of rotatable bonds is 0. The van der Waals surface area contributed by atoms with Crippen LogP contribution in [0.2, 0.25) is 0 Å². The van der Waals surface area contributed by atoms with Crippen LogP contribution in [0.1, 0.15) is 6.42 Å². The molecule has 5 rings (SSSR count). The third-order valence-corrected chi connectivity index (χ3v) is 4.40. The molecule has 2 saturated carbocycles. The van der Waals surface area contributed by atoms with Crippen molar-refractivity contribution in [3.63, 3.8) is 0 Å². The second-order valence-corrected chi connectivity index (χ2v) is 4.89. The van der Waals surface area contributed by atoms with E-state index in [9.17, 15) is 9.59 Å². The summed E-state index contributed by atoms with van der Waals surface area (Å²) in [6, 6.07) is 0. The predicted octanol–water partition coefficient (Wildman–Crippen LogP) is 0.754. The van der Waals surface area contributed by atoms with Crippen molar-refractivity contribution in [3.8, 4) is 0 Å². The normalized spacial score (nSPS) is 56.9. The summed E-state index contributed by atoms with van der Waals surface area (Å²) in [5.74, 6) is 1.12. The molecular formula is C11H10O3. The minimum absolute atomic E-state index is 0.138. The van der Waals surface area contributed by atoms with E-state index in [0.717, 1.165) is 0 Å².